The van der Waals surface area contributed by atoms with E-state index in [0.717, 1.165) is 16.9 Å². The van der Waals surface area contributed by atoms with Crippen LogP contribution in [0.5, 0.6) is 5.75 Å². The molecule has 0 aliphatic carbocycles. The molecule has 2 rings (SSSR count). The monoisotopic (exact) mass is 264 g/mol. The van der Waals surface area contributed by atoms with Crippen LogP contribution in [0.15, 0.2) is 18.2 Å². The van der Waals surface area contributed by atoms with E-state index in [1.54, 1.807) is 0 Å². The first-order valence-corrected chi connectivity index (χ1v) is 6.53. The Labute approximate surface area is 112 Å². The fraction of sp³-hybridized carbons (Fsp3) is 0.500. The second-order valence-corrected chi connectivity index (χ2v) is 4.79. The van der Waals surface area contributed by atoms with E-state index in [2.05, 4.69) is 5.32 Å². The molecule has 1 aromatic rings. The van der Waals surface area contributed by atoms with Crippen molar-refractivity contribution in [2.24, 2.45) is 5.73 Å². The number of amides is 1. The molecule has 2 atom stereocenters. The van der Waals surface area contributed by atoms with Gasteiger partial charge in [-0.2, -0.15) is 0 Å². The standard InChI is InChI=1S/C14H20N2O3/c1-9-3-2-4-10-13(18)11(6-8-19-14(9)10)16-12(17)5-7-15/h2-4,11,13,18H,5-8,15H2,1H3,(H,16,17). The average Bonchev–Trinajstić information content (AvgIpc) is 2.53. The lowest BCUT2D eigenvalue weighted by molar-refractivity contribution is -0.122. The van der Waals surface area contributed by atoms with Crippen molar-refractivity contribution in [3.8, 4) is 5.75 Å². The van der Waals surface area contributed by atoms with E-state index in [9.17, 15) is 9.90 Å². The lowest BCUT2D eigenvalue weighted by atomic mass is 9.98. The van der Waals surface area contributed by atoms with E-state index in [1.165, 1.54) is 0 Å². The van der Waals surface area contributed by atoms with Crippen LogP contribution in [0.2, 0.25) is 0 Å². The molecular formula is C14H20N2O3. The van der Waals surface area contributed by atoms with Crippen LogP contribution >= 0.6 is 0 Å². The summed E-state index contributed by atoms with van der Waals surface area (Å²) in [5.41, 5.74) is 7.07. The normalized spacial score (nSPS) is 22.1. The number of aryl methyl sites for hydroxylation is 1. The molecular weight excluding hydrogens is 244 g/mol. The van der Waals surface area contributed by atoms with Gasteiger partial charge in [0.05, 0.1) is 12.6 Å². The zero-order valence-corrected chi connectivity index (χ0v) is 11.1. The number of hydrogen-bond donors (Lipinski definition) is 3. The topological polar surface area (TPSA) is 84.6 Å². The van der Waals surface area contributed by atoms with Crippen LogP contribution in [0.25, 0.3) is 0 Å². The first kappa shape index (κ1) is 13.8. The summed E-state index contributed by atoms with van der Waals surface area (Å²) in [5.74, 6) is 0.591. The fourth-order valence-corrected chi connectivity index (χ4v) is 2.33. The molecule has 0 saturated heterocycles. The molecule has 1 aromatic carbocycles. The van der Waals surface area contributed by atoms with Gasteiger partial charge in [-0.3, -0.25) is 4.79 Å². The van der Waals surface area contributed by atoms with Crippen LogP contribution in [0.3, 0.4) is 0 Å². The first-order chi connectivity index (χ1) is 9.13. The third kappa shape index (κ3) is 3.05. The Balaban J connectivity index is 2.19. The van der Waals surface area contributed by atoms with Crippen molar-refractivity contribution in [2.75, 3.05) is 13.2 Å². The van der Waals surface area contributed by atoms with E-state index in [0.29, 0.717) is 19.6 Å². The maximum absolute atomic E-state index is 11.6. The number of fused-ring (bicyclic) bond motifs is 1. The molecule has 1 heterocycles. The minimum atomic E-state index is -0.751. The molecule has 0 aromatic heterocycles. The highest BCUT2D eigenvalue weighted by atomic mass is 16.5. The zero-order chi connectivity index (χ0) is 13.8. The molecule has 0 bridgehead atoms. The highest BCUT2D eigenvalue weighted by Gasteiger charge is 2.28. The van der Waals surface area contributed by atoms with Crippen molar-refractivity contribution in [2.45, 2.75) is 31.9 Å². The van der Waals surface area contributed by atoms with Crippen molar-refractivity contribution in [3.05, 3.63) is 29.3 Å². The number of carbonyl (C=O) groups excluding carboxylic acids is 1. The first-order valence-electron chi connectivity index (χ1n) is 6.53. The SMILES string of the molecule is Cc1cccc2c1OCCC(NC(=O)CCN)C2O. The number of hydrogen-bond acceptors (Lipinski definition) is 4. The molecule has 104 valence electrons. The molecule has 19 heavy (non-hydrogen) atoms. The Morgan fingerprint density at radius 2 is 2.37 bits per heavy atom. The van der Waals surface area contributed by atoms with Gasteiger partial charge in [0, 0.05) is 24.9 Å². The number of para-hydroxylation sites is 1. The van der Waals surface area contributed by atoms with Crippen molar-refractivity contribution >= 4 is 5.91 Å². The van der Waals surface area contributed by atoms with Gasteiger partial charge in [-0.25, -0.2) is 0 Å². The van der Waals surface area contributed by atoms with Gasteiger partial charge in [-0.1, -0.05) is 18.2 Å². The molecule has 0 radical (unpaired) electrons. The Morgan fingerprint density at radius 1 is 1.58 bits per heavy atom. The van der Waals surface area contributed by atoms with Gasteiger partial charge in [0.1, 0.15) is 11.9 Å². The molecule has 1 aliphatic heterocycles. The Kier molecular flexibility index (Phi) is 4.39. The predicted octanol–water partition coefficient (Wildman–Crippen LogP) is 0.645. The van der Waals surface area contributed by atoms with E-state index in [-0.39, 0.29) is 18.4 Å². The van der Waals surface area contributed by atoms with Crippen LogP contribution in [0.4, 0.5) is 0 Å². The highest BCUT2D eigenvalue weighted by molar-refractivity contribution is 5.76. The Morgan fingerprint density at radius 3 is 3.11 bits per heavy atom. The second kappa shape index (κ2) is 6.04. The van der Waals surface area contributed by atoms with Crippen LogP contribution in [0.1, 0.15) is 30.1 Å². The molecule has 1 amide bonds. The van der Waals surface area contributed by atoms with Crippen LogP contribution in [0, 0.1) is 6.92 Å². The number of nitrogens with one attached hydrogen (secondary N) is 1. The molecule has 0 fully saturated rings. The average molecular weight is 264 g/mol. The van der Waals surface area contributed by atoms with Crippen molar-refractivity contribution in [3.63, 3.8) is 0 Å². The van der Waals surface area contributed by atoms with E-state index in [1.807, 2.05) is 25.1 Å². The molecule has 4 N–H and O–H groups in total. The van der Waals surface area contributed by atoms with Crippen molar-refractivity contribution in [1.82, 2.24) is 5.32 Å². The maximum Gasteiger partial charge on any atom is 0.221 e. The third-order valence-electron chi connectivity index (χ3n) is 3.34. The summed E-state index contributed by atoms with van der Waals surface area (Å²) in [7, 11) is 0. The van der Waals surface area contributed by atoms with Crippen LogP contribution < -0.4 is 15.8 Å². The molecule has 1 aliphatic rings. The number of nitrogens with two attached hydrogens (primary N) is 1. The molecule has 2 unspecified atom stereocenters. The third-order valence-corrected chi connectivity index (χ3v) is 3.34. The van der Waals surface area contributed by atoms with Gasteiger partial charge >= 0.3 is 0 Å². The van der Waals surface area contributed by atoms with Gasteiger partial charge in [0.25, 0.3) is 0 Å². The van der Waals surface area contributed by atoms with Crippen molar-refractivity contribution in [1.29, 1.82) is 0 Å². The number of aliphatic hydroxyl groups is 1. The van der Waals surface area contributed by atoms with Gasteiger partial charge in [-0.05, 0) is 12.5 Å². The zero-order valence-electron chi connectivity index (χ0n) is 11.1. The lowest BCUT2D eigenvalue weighted by Gasteiger charge is -2.22. The largest absolute Gasteiger partial charge is 0.493 e. The Bertz CT molecular complexity index is 462. The molecule has 0 saturated carbocycles. The van der Waals surface area contributed by atoms with Gasteiger partial charge in [0.2, 0.25) is 5.91 Å². The second-order valence-electron chi connectivity index (χ2n) is 4.79. The lowest BCUT2D eigenvalue weighted by Crippen LogP contribution is -2.40. The number of ether oxygens (including phenoxy) is 1. The summed E-state index contributed by atoms with van der Waals surface area (Å²) in [5, 5.41) is 13.2. The van der Waals surface area contributed by atoms with E-state index < -0.39 is 6.10 Å². The van der Waals surface area contributed by atoms with Gasteiger partial charge in [0.15, 0.2) is 0 Å². The summed E-state index contributed by atoms with van der Waals surface area (Å²) >= 11 is 0. The number of benzene rings is 1. The maximum atomic E-state index is 11.6. The summed E-state index contributed by atoms with van der Waals surface area (Å²) in [4.78, 5) is 11.6. The number of rotatable bonds is 3. The van der Waals surface area contributed by atoms with E-state index >= 15 is 0 Å². The molecule has 0 spiro atoms. The number of carbonyl (C=O) groups is 1. The molecule has 5 nitrogen and oxygen atoms in total. The Hall–Kier alpha value is -1.59. The van der Waals surface area contributed by atoms with Crippen molar-refractivity contribution < 1.29 is 14.6 Å². The summed E-state index contributed by atoms with van der Waals surface area (Å²) in [6.45, 7) is 2.72. The summed E-state index contributed by atoms with van der Waals surface area (Å²) in [6, 6.07) is 5.33. The summed E-state index contributed by atoms with van der Waals surface area (Å²) < 4.78 is 5.69. The van der Waals surface area contributed by atoms with Gasteiger partial charge in [-0.15, -0.1) is 0 Å². The van der Waals surface area contributed by atoms with Crippen LogP contribution in [-0.2, 0) is 4.79 Å². The summed E-state index contributed by atoms with van der Waals surface area (Å²) in [6.07, 6.45) is 0.0928. The van der Waals surface area contributed by atoms with Gasteiger partial charge < -0.3 is 20.9 Å². The minimum absolute atomic E-state index is 0.136. The minimum Gasteiger partial charge on any atom is -0.493 e. The number of aliphatic hydroxyl groups excluding tert-OH is 1. The van der Waals surface area contributed by atoms with Crippen LogP contribution in [-0.4, -0.2) is 30.2 Å². The molecule has 5 heteroatoms. The fourth-order valence-electron chi connectivity index (χ4n) is 2.33. The quantitative estimate of drug-likeness (QED) is 0.748. The smallest absolute Gasteiger partial charge is 0.221 e. The highest BCUT2D eigenvalue weighted by Crippen LogP contribution is 2.34. The predicted molar refractivity (Wildman–Crippen MR) is 71.9 cm³/mol. The van der Waals surface area contributed by atoms with E-state index in [4.69, 9.17) is 10.5 Å².